The number of benzene rings is 1. The van der Waals surface area contributed by atoms with Crippen LogP contribution in [-0.2, 0) is 29.0 Å². The van der Waals surface area contributed by atoms with Gasteiger partial charge in [-0.2, -0.15) is 5.26 Å². The molecule has 1 aliphatic heterocycles. The number of imidazole rings is 1. The molecule has 10 nitrogen and oxygen atoms in total. The Kier molecular flexibility index (Phi) is 7.93. The lowest BCUT2D eigenvalue weighted by Gasteiger charge is -2.28. The third-order valence-corrected chi connectivity index (χ3v) is 8.04. The molecule has 2 aliphatic rings. The van der Waals surface area contributed by atoms with Gasteiger partial charge in [-0.15, -0.1) is 0 Å². The summed E-state index contributed by atoms with van der Waals surface area (Å²) in [6.07, 6.45) is 10.2. The molecule has 10 heteroatoms. The second-order valence-corrected chi connectivity index (χ2v) is 10.8. The molecule has 0 radical (unpaired) electrons. The second-order valence-electron chi connectivity index (χ2n) is 10.8. The molecule has 0 amide bonds. The van der Waals surface area contributed by atoms with Crippen molar-refractivity contribution in [3.63, 3.8) is 0 Å². The van der Waals surface area contributed by atoms with Crippen molar-refractivity contribution >= 4 is 22.7 Å². The Labute approximate surface area is 244 Å². The number of nitrogens with zero attached hydrogens (tertiary/aromatic N) is 6. The first-order valence-corrected chi connectivity index (χ1v) is 14.2. The summed E-state index contributed by atoms with van der Waals surface area (Å²) in [5, 5.41) is 9.14. The van der Waals surface area contributed by atoms with Gasteiger partial charge in [-0.05, 0) is 79.5 Å². The van der Waals surface area contributed by atoms with Gasteiger partial charge in [0.1, 0.15) is 23.6 Å². The number of fused-ring (bicyclic) bond motifs is 1. The highest BCUT2D eigenvalue weighted by atomic mass is 16.5. The Morgan fingerprint density at radius 1 is 1.17 bits per heavy atom. The minimum absolute atomic E-state index is 0.130. The molecular formula is C32H32N6O4. The zero-order valence-corrected chi connectivity index (χ0v) is 23.7. The molecule has 1 saturated heterocycles. The fourth-order valence-corrected chi connectivity index (χ4v) is 5.52. The summed E-state index contributed by atoms with van der Waals surface area (Å²) in [4.78, 5) is 30.7. The van der Waals surface area contributed by atoms with Crippen molar-refractivity contribution in [3.05, 3.63) is 82.7 Å². The Hall–Kier alpha value is -4.62. The number of carbonyl (C=O) groups is 1. The van der Waals surface area contributed by atoms with Gasteiger partial charge in [-0.3, -0.25) is 0 Å². The topological polar surface area (TPSA) is 125 Å². The number of methoxy groups -OCH3 is 1. The molecule has 6 rings (SSSR count). The average molecular weight is 565 g/mol. The molecule has 214 valence electrons. The number of ether oxygens (including phenoxy) is 3. The molecule has 1 aliphatic carbocycles. The Morgan fingerprint density at radius 2 is 2.02 bits per heavy atom. The lowest BCUT2D eigenvalue weighted by atomic mass is 9.86. The fraction of sp³-hybridized carbons (Fsp3) is 0.375. The summed E-state index contributed by atoms with van der Waals surface area (Å²) in [7, 11) is 1.36. The van der Waals surface area contributed by atoms with Crippen molar-refractivity contribution in [2.24, 2.45) is 5.92 Å². The van der Waals surface area contributed by atoms with Gasteiger partial charge in [0.05, 0.1) is 31.4 Å². The van der Waals surface area contributed by atoms with Crippen LogP contribution in [0, 0.1) is 24.2 Å². The number of nitriles is 1. The number of carbonyl (C=O) groups excluding carboxylic acids is 1. The van der Waals surface area contributed by atoms with E-state index in [9.17, 15) is 4.79 Å². The summed E-state index contributed by atoms with van der Waals surface area (Å²) in [5.41, 5.74) is 6.28. The minimum Gasteiger partial charge on any atom is -0.471 e. The number of aryl methyl sites for hydroxylation is 1. The van der Waals surface area contributed by atoms with Crippen molar-refractivity contribution < 1.29 is 19.0 Å². The number of allylic oxidation sites excluding steroid dienone is 2. The average Bonchev–Trinajstić information content (AvgIpc) is 3.34. The monoisotopic (exact) mass is 564 g/mol. The van der Waals surface area contributed by atoms with E-state index in [1.54, 1.807) is 24.5 Å². The van der Waals surface area contributed by atoms with Gasteiger partial charge in [0.25, 0.3) is 0 Å². The van der Waals surface area contributed by atoms with Crippen molar-refractivity contribution in [1.82, 2.24) is 24.5 Å². The van der Waals surface area contributed by atoms with Gasteiger partial charge >= 0.3 is 5.97 Å². The Balaban J connectivity index is 1.18. The molecule has 2 unspecified atom stereocenters. The summed E-state index contributed by atoms with van der Waals surface area (Å²) in [5.74, 6) is 1.41. The summed E-state index contributed by atoms with van der Waals surface area (Å²) in [6.45, 7) is 3.76. The molecule has 0 saturated carbocycles. The molecule has 1 aromatic carbocycles. The van der Waals surface area contributed by atoms with Crippen LogP contribution < -0.4 is 4.74 Å². The summed E-state index contributed by atoms with van der Waals surface area (Å²) >= 11 is 0. The predicted molar refractivity (Wildman–Crippen MR) is 155 cm³/mol. The van der Waals surface area contributed by atoms with E-state index in [0.717, 1.165) is 72.4 Å². The fourth-order valence-electron chi connectivity index (χ4n) is 5.52. The first-order chi connectivity index (χ1) is 20.5. The lowest BCUT2D eigenvalue weighted by Crippen LogP contribution is -2.32. The molecule has 42 heavy (non-hydrogen) atoms. The third-order valence-electron chi connectivity index (χ3n) is 8.04. The maximum absolute atomic E-state index is 12.1. The zero-order valence-electron chi connectivity index (χ0n) is 23.7. The molecule has 0 spiro atoms. The molecule has 1 fully saturated rings. The molecular weight excluding hydrogens is 532 g/mol. The zero-order chi connectivity index (χ0) is 29.1. The number of rotatable bonds is 9. The van der Waals surface area contributed by atoms with E-state index in [1.165, 1.54) is 7.11 Å². The summed E-state index contributed by atoms with van der Waals surface area (Å²) in [6, 6.07) is 11.3. The first kappa shape index (κ1) is 27.5. The summed E-state index contributed by atoms with van der Waals surface area (Å²) < 4.78 is 18.8. The van der Waals surface area contributed by atoms with Crippen LogP contribution >= 0.6 is 0 Å². The van der Waals surface area contributed by atoms with E-state index in [-0.39, 0.29) is 11.8 Å². The molecule has 0 bridgehead atoms. The molecule has 4 heterocycles. The van der Waals surface area contributed by atoms with E-state index in [4.69, 9.17) is 24.5 Å². The van der Waals surface area contributed by atoms with Gasteiger partial charge in [0, 0.05) is 25.4 Å². The van der Waals surface area contributed by atoms with Crippen molar-refractivity contribution in [3.8, 4) is 11.9 Å². The number of hydrogen-bond acceptors (Lipinski definition) is 9. The quantitative estimate of drug-likeness (QED) is 0.259. The van der Waals surface area contributed by atoms with Crippen LogP contribution in [0.3, 0.4) is 0 Å². The van der Waals surface area contributed by atoms with Crippen molar-refractivity contribution in [1.29, 1.82) is 5.26 Å². The van der Waals surface area contributed by atoms with Gasteiger partial charge < -0.3 is 18.8 Å². The number of pyridine rings is 1. The highest BCUT2D eigenvalue weighted by Crippen LogP contribution is 2.35. The van der Waals surface area contributed by atoms with Crippen LogP contribution in [0.15, 0.2) is 48.8 Å². The predicted octanol–water partition coefficient (Wildman–Crippen LogP) is 4.98. The number of esters is 1. The van der Waals surface area contributed by atoms with Crippen LogP contribution in [0.2, 0.25) is 0 Å². The van der Waals surface area contributed by atoms with E-state index in [2.05, 4.69) is 31.7 Å². The highest BCUT2D eigenvalue weighted by Gasteiger charge is 2.26. The van der Waals surface area contributed by atoms with Crippen molar-refractivity contribution in [2.75, 3.05) is 13.7 Å². The van der Waals surface area contributed by atoms with Gasteiger partial charge in [-0.25, -0.2) is 24.7 Å². The highest BCUT2D eigenvalue weighted by molar-refractivity contribution is 5.89. The van der Waals surface area contributed by atoms with E-state index >= 15 is 0 Å². The maximum Gasteiger partial charge on any atom is 0.356 e. The van der Waals surface area contributed by atoms with Gasteiger partial charge in [0.2, 0.25) is 5.88 Å². The second kappa shape index (κ2) is 12.1. The SMILES string of the molecule is COC(=O)c1ccc2nc(CC3CC=C(c4nccnc4OCc4ccc(C#N)cc4C)CC3)n(CC3CCO3)c2n1. The van der Waals surface area contributed by atoms with E-state index in [0.29, 0.717) is 36.2 Å². The van der Waals surface area contributed by atoms with Crippen LogP contribution in [0.1, 0.15) is 64.4 Å². The molecule has 0 N–H and O–H groups in total. The van der Waals surface area contributed by atoms with Crippen LogP contribution in [0.5, 0.6) is 5.88 Å². The largest absolute Gasteiger partial charge is 0.471 e. The van der Waals surface area contributed by atoms with Gasteiger partial charge in [0.15, 0.2) is 11.3 Å². The molecule has 2 atom stereocenters. The van der Waals surface area contributed by atoms with Crippen molar-refractivity contribution in [2.45, 2.75) is 58.3 Å². The number of aromatic nitrogens is 5. The number of hydrogen-bond donors (Lipinski definition) is 0. The van der Waals surface area contributed by atoms with Gasteiger partial charge in [-0.1, -0.05) is 12.1 Å². The Bertz CT molecular complexity index is 1700. The normalized spacial score (nSPS) is 18.2. The van der Waals surface area contributed by atoms with Crippen LogP contribution in [0.4, 0.5) is 0 Å². The third kappa shape index (κ3) is 5.74. The first-order valence-electron chi connectivity index (χ1n) is 14.2. The molecule has 4 aromatic rings. The van der Waals surface area contributed by atoms with E-state index in [1.807, 2.05) is 25.1 Å². The minimum atomic E-state index is -0.463. The van der Waals surface area contributed by atoms with Crippen LogP contribution in [0.25, 0.3) is 16.7 Å². The molecule has 3 aromatic heterocycles. The van der Waals surface area contributed by atoms with E-state index < -0.39 is 5.97 Å². The van der Waals surface area contributed by atoms with Crippen LogP contribution in [-0.4, -0.2) is 50.3 Å². The lowest BCUT2D eigenvalue weighted by molar-refractivity contribution is -0.0591. The smallest absolute Gasteiger partial charge is 0.356 e. The standard InChI is InChI=1S/C32H32N6O4/c1-20-15-22(17-33)5-8-24(20)19-42-31-29(34-12-13-35-31)23-6-3-21(4-7-23)16-28-36-26-9-10-27(32(39)40-2)37-30(26)38(28)18-25-11-14-41-25/h5-6,8-10,12-13,15,21,25H,3-4,7,11,14,16,18-19H2,1-2H3. The maximum atomic E-state index is 12.1. The Morgan fingerprint density at radius 3 is 2.74 bits per heavy atom.